The first-order valence-corrected chi connectivity index (χ1v) is 7.00. The quantitative estimate of drug-likeness (QED) is 0.787. The standard InChI is InChI=1S/C16H25N/c1-13-5-3-6-15(11-13)9-10-16(17-2)12-14-7-4-8-14/h3,5-6,11,14,16-17H,4,7-10,12H2,1-2H3. The SMILES string of the molecule is CNC(CCc1cccc(C)c1)CC1CCC1. The van der Waals surface area contributed by atoms with Gasteiger partial charge in [-0.1, -0.05) is 49.1 Å². The van der Waals surface area contributed by atoms with Crippen molar-refractivity contribution in [2.24, 2.45) is 5.92 Å². The smallest absolute Gasteiger partial charge is 0.00698 e. The zero-order chi connectivity index (χ0) is 12.1. The van der Waals surface area contributed by atoms with E-state index in [1.807, 2.05) is 0 Å². The van der Waals surface area contributed by atoms with Crippen molar-refractivity contribution in [3.05, 3.63) is 35.4 Å². The molecule has 1 aliphatic carbocycles. The van der Waals surface area contributed by atoms with Crippen LogP contribution in [0.15, 0.2) is 24.3 Å². The van der Waals surface area contributed by atoms with Crippen LogP contribution in [0.5, 0.6) is 0 Å². The van der Waals surface area contributed by atoms with Crippen LogP contribution < -0.4 is 5.32 Å². The van der Waals surface area contributed by atoms with Crippen LogP contribution in [0.25, 0.3) is 0 Å². The molecule has 1 aromatic carbocycles. The normalized spacial score (nSPS) is 17.8. The van der Waals surface area contributed by atoms with Crippen molar-refractivity contribution >= 4 is 0 Å². The van der Waals surface area contributed by atoms with Gasteiger partial charge in [0.25, 0.3) is 0 Å². The molecule has 0 spiro atoms. The first-order valence-electron chi connectivity index (χ1n) is 7.00. The molecular formula is C16H25N. The Kier molecular flexibility index (Phi) is 4.61. The highest BCUT2D eigenvalue weighted by molar-refractivity contribution is 5.22. The molecule has 17 heavy (non-hydrogen) atoms. The largest absolute Gasteiger partial charge is 0.317 e. The molecule has 1 atom stereocenters. The summed E-state index contributed by atoms with van der Waals surface area (Å²) in [5.41, 5.74) is 2.86. The molecule has 1 heteroatoms. The third-order valence-electron chi connectivity index (χ3n) is 4.11. The van der Waals surface area contributed by atoms with Crippen molar-refractivity contribution in [1.82, 2.24) is 5.32 Å². The summed E-state index contributed by atoms with van der Waals surface area (Å²) in [6, 6.07) is 9.62. The third kappa shape index (κ3) is 3.85. The summed E-state index contributed by atoms with van der Waals surface area (Å²) in [7, 11) is 2.11. The highest BCUT2D eigenvalue weighted by atomic mass is 14.9. The van der Waals surface area contributed by atoms with Gasteiger partial charge in [-0.15, -0.1) is 0 Å². The molecular weight excluding hydrogens is 206 g/mol. The Morgan fingerprint density at radius 2 is 2.18 bits per heavy atom. The number of aryl methyl sites for hydroxylation is 2. The Labute approximate surface area is 106 Å². The summed E-state index contributed by atoms with van der Waals surface area (Å²) in [6.45, 7) is 2.17. The van der Waals surface area contributed by atoms with Crippen LogP contribution >= 0.6 is 0 Å². The van der Waals surface area contributed by atoms with Gasteiger partial charge in [0, 0.05) is 6.04 Å². The molecule has 0 radical (unpaired) electrons. The van der Waals surface area contributed by atoms with Gasteiger partial charge >= 0.3 is 0 Å². The van der Waals surface area contributed by atoms with Gasteiger partial charge in [-0.25, -0.2) is 0 Å². The van der Waals surface area contributed by atoms with E-state index in [0.29, 0.717) is 6.04 Å². The summed E-state index contributed by atoms with van der Waals surface area (Å²) in [5, 5.41) is 3.49. The summed E-state index contributed by atoms with van der Waals surface area (Å²) in [4.78, 5) is 0. The van der Waals surface area contributed by atoms with Crippen molar-refractivity contribution in [2.75, 3.05) is 7.05 Å². The fraction of sp³-hybridized carbons (Fsp3) is 0.625. The van der Waals surface area contributed by atoms with Gasteiger partial charge in [-0.3, -0.25) is 0 Å². The van der Waals surface area contributed by atoms with Crippen LogP contribution in [0.4, 0.5) is 0 Å². The lowest BCUT2D eigenvalue weighted by Gasteiger charge is -2.29. The van der Waals surface area contributed by atoms with E-state index in [1.165, 1.54) is 49.7 Å². The lowest BCUT2D eigenvalue weighted by atomic mass is 9.80. The van der Waals surface area contributed by atoms with E-state index in [9.17, 15) is 0 Å². The summed E-state index contributed by atoms with van der Waals surface area (Å²) in [5.74, 6) is 1.00. The zero-order valence-electron chi connectivity index (χ0n) is 11.2. The highest BCUT2D eigenvalue weighted by Crippen LogP contribution is 2.31. The molecule has 1 N–H and O–H groups in total. The maximum Gasteiger partial charge on any atom is 0.00698 e. The van der Waals surface area contributed by atoms with Gasteiger partial charge < -0.3 is 5.32 Å². The van der Waals surface area contributed by atoms with Crippen LogP contribution in [0, 0.1) is 12.8 Å². The van der Waals surface area contributed by atoms with Gasteiger partial charge in [0.15, 0.2) is 0 Å². The molecule has 0 bridgehead atoms. The topological polar surface area (TPSA) is 12.0 Å². The molecule has 2 rings (SSSR count). The molecule has 0 amide bonds. The van der Waals surface area contributed by atoms with Crippen LogP contribution in [-0.2, 0) is 6.42 Å². The number of nitrogens with one attached hydrogen (secondary N) is 1. The molecule has 1 unspecified atom stereocenters. The van der Waals surface area contributed by atoms with E-state index in [2.05, 4.69) is 43.6 Å². The van der Waals surface area contributed by atoms with Crippen molar-refractivity contribution < 1.29 is 0 Å². The molecule has 1 nitrogen and oxygen atoms in total. The maximum absolute atomic E-state index is 3.49. The fourth-order valence-electron chi connectivity index (χ4n) is 2.72. The average molecular weight is 231 g/mol. The Morgan fingerprint density at radius 3 is 2.76 bits per heavy atom. The summed E-state index contributed by atoms with van der Waals surface area (Å²) >= 11 is 0. The second-order valence-electron chi connectivity index (χ2n) is 5.55. The lowest BCUT2D eigenvalue weighted by molar-refractivity contribution is 0.259. The van der Waals surface area contributed by atoms with Crippen LogP contribution in [0.2, 0.25) is 0 Å². The number of rotatable bonds is 6. The van der Waals surface area contributed by atoms with Gasteiger partial charge in [0.2, 0.25) is 0 Å². The van der Waals surface area contributed by atoms with Gasteiger partial charge in [0.1, 0.15) is 0 Å². The first-order chi connectivity index (χ1) is 8.28. The van der Waals surface area contributed by atoms with Crippen LogP contribution in [0.3, 0.4) is 0 Å². The maximum atomic E-state index is 3.49. The van der Waals surface area contributed by atoms with Crippen molar-refractivity contribution in [3.8, 4) is 0 Å². The molecule has 1 saturated carbocycles. The summed E-state index contributed by atoms with van der Waals surface area (Å²) in [6.07, 6.45) is 8.24. The van der Waals surface area contributed by atoms with E-state index in [-0.39, 0.29) is 0 Å². The van der Waals surface area contributed by atoms with Gasteiger partial charge in [0.05, 0.1) is 0 Å². The zero-order valence-corrected chi connectivity index (χ0v) is 11.2. The fourth-order valence-corrected chi connectivity index (χ4v) is 2.72. The van der Waals surface area contributed by atoms with E-state index < -0.39 is 0 Å². The molecule has 0 heterocycles. The minimum atomic E-state index is 0.709. The Bertz CT molecular complexity index is 341. The number of hydrogen-bond acceptors (Lipinski definition) is 1. The highest BCUT2D eigenvalue weighted by Gasteiger charge is 2.20. The van der Waals surface area contributed by atoms with E-state index in [0.717, 1.165) is 5.92 Å². The second kappa shape index (κ2) is 6.20. The predicted molar refractivity (Wildman–Crippen MR) is 74.3 cm³/mol. The van der Waals surface area contributed by atoms with Crippen molar-refractivity contribution in [1.29, 1.82) is 0 Å². The van der Waals surface area contributed by atoms with Crippen LogP contribution in [-0.4, -0.2) is 13.1 Å². The minimum absolute atomic E-state index is 0.709. The van der Waals surface area contributed by atoms with E-state index in [1.54, 1.807) is 0 Å². The van der Waals surface area contributed by atoms with Crippen molar-refractivity contribution in [2.45, 2.75) is 51.5 Å². The van der Waals surface area contributed by atoms with Crippen LogP contribution in [0.1, 0.15) is 43.2 Å². The second-order valence-corrected chi connectivity index (χ2v) is 5.55. The molecule has 1 fully saturated rings. The average Bonchev–Trinajstić information content (AvgIpc) is 2.27. The molecule has 94 valence electrons. The Balaban J connectivity index is 1.78. The number of hydrogen-bond donors (Lipinski definition) is 1. The minimum Gasteiger partial charge on any atom is -0.317 e. The molecule has 0 aliphatic heterocycles. The molecule has 1 aliphatic rings. The van der Waals surface area contributed by atoms with E-state index >= 15 is 0 Å². The predicted octanol–water partition coefficient (Wildman–Crippen LogP) is 3.71. The number of benzene rings is 1. The van der Waals surface area contributed by atoms with Crippen molar-refractivity contribution in [3.63, 3.8) is 0 Å². The Morgan fingerprint density at radius 1 is 1.35 bits per heavy atom. The monoisotopic (exact) mass is 231 g/mol. The molecule has 0 aromatic heterocycles. The first kappa shape index (κ1) is 12.6. The van der Waals surface area contributed by atoms with Gasteiger partial charge in [-0.2, -0.15) is 0 Å². The summed E-state index contributed by atoms with van der Waals surface area (Å²) < 4.78 is 0. The lowest BCUT2D eigenvalue weighted by Crippen LogP contribution is -2.30. The molecule has 1 aromatic rings. The van der Waals surface area contributed by atoms with E-state index in [4.69, 9.17) is 0 Å². The third-order valence-corrected chi connectivity index (χ3v) is 4.11. The molecule has 0 saturated heterocycles. The van der Waals surface area contributed by atoms with Gasteiger partial charge in [-0.05, 0) is 44.7 Å². The Hall–Kier alpha value is -0.820.